The van der Waals surface area contributed by atoms with Crippen LogP contribution < -0.4 is 5.32 Å². The number of nitrogens with zero attached hydrogens (tertiary/aromatic N) is 1. The van der Waals surface area contributed by atoms with E-state index in [4.69, 9.17) is 0 Å². The molecule has 0 radical (unpaired) electrons. The summed E-state index contributed by atoms with van der Waals surface area (Å²) < 4.78 is 0. The Kier molecular flexibility index (Phi) is 4.03. The SMILES string of the molecule is Cc1ccc(NC(C)c2cccc([N+](=O)[O-])c2)cc1C. The quantitative estimate of drug-likeness (QED) is 0.662. The van der Waals surface area contributed by atoms with Crippen LogP contribution in [0.2, 0.25) is 0 Å². The predicted molar refractivity (Wildman–Crippen MR) is 81.1 cm³/mol. The molecule has 0 saturated carbocycles. The van der Waals surface area contributed by atoms with E-state index in [1.807, 2.05) is 19.1 Å². The van der Waals surface area contributed by atoms with Crippen molar-refractivity contribution in [1.29, 1.82) is 0 Å². The molecule has 4 nitrogen and oxygen atoms in total. The molecule has 2 rings (SSSR count). The molecule has 0 amide bonds. The van der Waals surface area contributed by atoms with E-state index in [2.05, 4.69) is 31.3 Å². The van der Waals surface area contributed by atoms with E-state index >= 15 is 0 Å². The zero-order chi connectivity index (χ0) is 14.7. The molecule has 0 fully saturated rings. The largest absolute Gasteiger partial charge is 0.379 e. The Morgan fingerprint density at radius 2 is 1.85 bits per heavy atom. The van der Waals surface area contributed by atoms with E-state index < -0.39 is 0 Å². The molecule has 20 heavy (non-hydrogen) atoms. The first kappa shape index (κ1) is 14.1. The van der Waals surface area contributed by atoms with Crippen molar-refractivity contribution >= 4 is 11.4 Å². The summed E-state index contributed by atoms with van der Waals surface area (Å²) in [4.78, 5) is 10.4. The maximum absolute atomic E-state index is 10.8. The molecule has 0 aliphatic rings. The number of non-ortho nitro benzene ring substituents is 1. The highest BCUT2D eigenvalue weighted by Crippen LogP contribution is 2.23. The Bertz CT molecular complexity index is 638. The molecule has 0 aromatic heterocycles. The molecule has 0 bridgehead atoms. The molecular formula is C16H18N2O2. The molecule has 0 heterocycles. The van der Waals surface area contributed by atoms with Crippen LogP contribution in [-0.2, 0) is 0 Å². The fourth-order valence-electron chi connectivity index (χ4n) is 2.07. The third-order valence-corrected chi connectivity index (χ3v) is 3.47. The van der Waals surface area contributed by atoms with Crippen molar-refractivity contribution in [3.63, 3.8) is 0 Å². The molecule has 1 atom stereocenters. The van der Waals surface area contributed by atoms with Crippen molar-refractivity contribution in [2.45, 2.75) is 26.8 Å². The first-order valence-corrected chi connectivity index (χ1v) is 6.55. The minimum atomic E-state index is -0.369. The van der Waals surface area contributed by atoms with Crippen molar-refractivity contribution in [2.24, 2.45) is 0 Å². The Labute approximate surface area is 118 Å². The van der Waals surface area contributed by atoms with Gasteiger partial charge in [0, 0.05) is 23.9 Å². The molecule has 104 valence electrons. The van der Waals surface area contributed by atoms with Crippen molar-refractivity contribution < 1.29 is 4.92 Å². The molecule has 1 unspecified atom stereocenters. The summed E-state index contributed by atoms with van der Waals surface area (Å²) >= 11 is 0. The fraction of sp³-hybridized carbons (Fsp3) is 0.250. The maximum Gasteiger partial charge on any atom is 0.269 e. The molecule has 2 aromatic carbocycles. The lowest BCUT2D eigenvalue weighted by molar-refractivity contribution is -0.384. The number of nitro benzene ring substituents is 1. The Morgan fingerprint density at radius 1 is 1.10 bits per heavy atom. The van der Waals surface area contributed by atoms with Crippen molar-refractivity contribution in [3.8, 4) is 0 Å². The number of aryl methyl sites for hydroxylation is 2. The highest BCUT2D eigenvalue weighted by molar-refractivity contribution is 5.50. The molecule has 4 heteroatoms. The van der Waals surface area contributed by atoms with Crippen LogP contribution in [0.5, 0.6) is 0 Å². The normalized spacial score (nSPS) is 11.9. The standard InChI is InChI=1S/C16H18N2O2/c1-11-7-8-15(9-12(11)2)17-13(3)14-5-4-6-16(10-14)18(19)20/h4-10,13,17H,1-3H3. The molecule has 1 N–H and O–H groups in total. The van der Waals surface area contributed by atoms with Crippen LogP contribution in [0.25, 0.3) is 0 Å². The van der Waals surface area contributed by atoms with E-state index in [9.17, 15) is 10.1 Å². The molecule has 0 saturated heterocycles. The molecule has 0 aliphatic heterocycles. The third-order valence-electron chi connectivity index (χ3n) is 3.47. The van der Waals surface area contributed by atoms with Crippen LogP contribution in [-0.4, -0.2) is 4.92 Å². The topological polar surface area (TPSA) is 55.2 Å². The summed E-state index contributed by atoms with van der Waals surface area (Å²) in [5.41, 5.74) is 4.51. The second-order valence-corrected chi connectivity index (χ2v) is 5.02. The van der Waals surface area contributed by atoms with E-state index in [0.717, 1.165) is 11.3 Å². The Hall–Kier alpha value is -2.36. The maximum atomic E-state index is 10.8. The second kappa shape index (κ2) is 5.74. The summed E-state index contributed by atoms with van der Waals surface area (Å²) in [6, 6.07) is 12.9. The van der Waals surface area contributed by atoms with Crippen LogP contribution in [0.1, 0.15) is 29.7 Å². The van der Waals surface area contributed by atoms with Gasteiger partial charge in [-0.05, 0) is 49.6 Å². The summed E-state index contributed by atoms with van der Waals surface area (Å²) in [6.45, 7) is 6.13. The monoisotopic (exact) mass is 270 g/mol. The van der Waals surface area contributed by atoms with Crippen LogP contribution in [0, 0.1) is 24.0 Å². The average Bonchev–Trinajstić information content (AvgIpc) is 2.43. The number of rotatable bonds is 4. The van der Waals surface area contributed by atoms with Gasteiger partial charge in [0.1, 0.15) is 0 Å². The van der Waals surface area contributed by atoms with Crippen LogP contribution in [0.15, 0.2) is 42.5 Å². The number of hydrogen-bond acceptors (Lipinski definition) is 3. The Morgan fingerprint density at radius 3 is 2.50 bits per heavy atom. The second-order valence-electron chi connectivity index (χ2n) is 5.02. The van der Waals surface area contributed by atoms with Gasteiger partial charge in [0.05, 0.1) is 4.92 Å². The average molecular weight is 270 g/mol. The first-order valence-electron chi connectivity index (χ1n) is 6.55. The lowest BCUT2D eigenvalue weighted by Crippen LogP contribution is -2.07. The number of nitro groups is 1. The molecular weight excluding hydrogens is 252 g/mol. The van der Waals surface area contributed by atoms with Crippen molar-refractivity contribution in [1.82, 2.24) is 0 Å². The van der Waals surface area contributed by atoms with Gasteiger partial charge in [-0.3, -0.25) is 10.1 Å². The van der Waals surface area contributed by atoms with Crippen LogP contribution >= 0.6 is 0 Å². The third kappa shape index (κ3) is 3.15. The van der Waals surface area contributed by atoms with Crippen LogP contribution in [0.3, 0.4) is 0 Å². The zero-order valence-corrected chi connectivity index (χ0v) is 11.9. The van der Waals surface area contributed by atoms with E-state index in [-0.39, 0.29) is 16.7 Å². The van der Waals surface area contributed by atoms with Gasteiger partial charge in [-0.25, -0.2) is 0 Å². The zero-order valence-electron chi connectivity index (χ0n) is 11.9. The molecule has 2 aromatic rings. The highest BCUT2D eigenvalue weighted by atomic mass is 16.6. The lowest BCUT2D eigenvalue weighted by Gasteiger charge is -2.16. The molecule has 0 aliphatic carbocycles. The van der Waals surface area contributed by atoms with Crippen molar-refractivity contribution in [3.05, 3.63) is 69.3 Å². The highest BCUT2D eigenvalue weighted by Gasteiger charge is 2.11. The number of nitrogens with one attached hydrogen (secondary N) is 1. The summed E-state index contributed by atoms with van der Waals surface area (Å²) in [5.74, 6) is 0. The van der Waals surface area contributed by atoms with E-state index in [1.54, 1.807) is 12.1 Å². The number of hydrogen-bond donors (Lipinski definition) is 1. The predicted octanol–water partition coefficient (Wildman–Crippen LogP) is 4.38. The first-order chi connectivity index (χ1) is 9.47. The van der Waals surface area contributed by atoms with Gasteiger partial charge in [0.2, 0.25) is 0 Å². The van der Waals surface area contributed by atoms with E-state index in [1.165, 1.54) is 17.2 Å². The number of anilines is 1. The minimum Gasteiger partial charge on any atom is -0.379 e. The van der Waals surface area contributed by atoms with Crippen molar-refractivity contribution in [2.75, 3.05) is 5.32 Å². The van der Waals surface area contributed by atoms with Gasteiger partial charge in [0.25, 0.3) is 5.69 Å². The number of benzene rings is 2. The summed E-state index contributed by atoms with van der Waals surface area (Å²) in [5, 5.41) is 14.2. The van der Waals surface area contributed by atoms with Gasteiger partial charge in [-0.15, -0.1) is 0 Å². The summed E-state index contributed by atoms with van der Waals surface area (Å²) in [6.07, 6.45) is 0. The van der Waals surface area contributed by atoms with Gasteiger partial charge in [-0.2, -0.15) is 0 Å². The van der Waals surface area contributed by atoms with E-state index in [0.29, 0.717) is 0 Å². The smallest absolute Gasteiger partial charge is 0.269 e. The van der Waals surface area contributed by atoms with Crippen LogP contribution in [0.4, 0.5) is 11.4 Å². The van der Waals surface area contributed by atoms with Gasteiger partial charge in [0.15, 0.2) is 0 Å². The van der Waals surface area contributed by atoms with Gasteiger partial charge >= 0.3 is 0 Å². The Balaban J connectivity index is 2.19. The lowest BCUT2D eigenvalue weighted by atomic mass is 10.1. The molecule has 0 spiro atoms. The van der Waals surface area contributed by atoms with Gasteiger partial charge in [-0.1, -0.05) is 18.2 Å². The van der Waals surface area contributed by atoms with Gasteiger partial charge < -0.3 is 5.32 Å². The minimum absolute atomic E-state index is 0.0111. The summed E-state index contributed by atoms with van der Waals surface area (Å²) in [7, 11) is 0. The fourth-order valence-corrected chi connectivity index (χ4v) is 2.07.